The van der Waals surface area contributed by atoms with Crippen LogP contribution in [0.25, 0.3) is 22.5 Å². The number of ether oxygens (including phenoxy) is 2. The maximum atomic E-state index is 5.26. The van der Waals surface area contributed by atoms with Crippen molar-refractivity contribution in [2.24, 2.45) is 0 Å². The number of hydrogen-bond donors (Lipinski definition) is 1. The summed E-state index contributed by atoms with van der Waals surface area (Å²) >= 11 is 0. The molecule has 3 aromatic rings. The van der Waals surface area contributed by atoms with Gasteiger partial charge in [0, 0.05) is 11.1 Å². The Labute approximate surface area is 122 Å². The average Bonchev–Trinajstić information content (AvgIpc) is 3.04. The van der Waals surface area contributed by atoms with E-state index in [4.69, 9.17) is 9.47 Å². The molecule has 2 aromatic carbocycles. The molecule has 0 saturated heterocycles. The molecule has 3 rings (SSSR count). The number of nitrogens with one attached hydrogen (secondary N) is 1. The van der Waals surface area contributed by atoms with Crippen LogP contribution in [0.4, 0.5) is 0 Å². The van der Waals surface area contributed by atoms with Crippen molar-refractivity contribution in [1.82, 2.24) is 15.4 Å². The standard InChI is InChI=1S/C16H15N3O2/c1-20-13-7-3-5-11(9-13)15-16(18-19-17-15)12-6-4-8-14(10-12)21-2/h3-10H,1-2H3,(H,17,18,19). The van der Waals surface area contributed by atoms with Gasteiger partial charge in [-0.25, -0.2) is 0 Å². The van der Waals surface area contributed by atoms with Gasteiger partial charge in [-0.2, -0.15) is 15.4 Å². The molecule has 5 nitrogen and oxygen atoms in total. The Bertz CT molecular complexity index is 691. The van der Waals surface area contributed by atoms with Gasteiger partial charge in [0.1, 0.15) is 22.9 Å². The number of methoxy groups -OCH3 is 2. The van der Waals surface area contributed by atoms with E-state index in [2.05, 4.69) is 15.4 Å². The van der Waals surface area contributed by atoms with Crippen LogP contribution < -0.4 is 9.47 Å². The molecule has 1 aromatic heterocycles. The number of rotatable bonds is 4. The van der Waals surface area contributed by atoms with Gasteiger partial charge < -0.3 is 9.47 Å². The summed E-state index contributed by atoms with van der Waals surface area (Å²) in [7, 11) is 3.29. The zero-order valence-electron chi connectivity index (χ0n) is 11.8. The molecule has 0 spiro atoms. The molecule has 0 amide bonds. The molecule has 0 saturated carbocycles. The van der Waals surface area contributed by atoms with Crippen LogP contribution in [0, 0.1) is 0 Å². The van der Waals surface area contributed by atoms with Gasteiger partial charge in [0.15, 0.2) is 0 Å². The lowest BCUT2D eigenvalue weighted by Gasteiger charge is -2.05. The summed E-state index contributed by atoms with van der Waals surface area (Å²) in [6.07, 6.45) is 0. The van der Waals surface area contributed by atoms with Gasteiger partial charge in [0.2, 0.25) is 0 Å². The molecule has 0 unspecified atom stereocenters. The van der Waals surface area contributed by atoms with Crippen molar-refractivity contribution in [3.8, 4) is 34.0 Å². The number of nitrogens with zero attached hydrogens (tertiary/aromatic N) is 2. The van der Waals surface area contributed by atoms with Crippen LogP contribution in [0.5, 0.6) is 11.5 Å². The molecule has 0 atom stereocenters. The predicted octanol–water partition coefficient (Wildman–Crippen LogP) is 3.16. The summed E-state index contributed by atoms with van der Waals surface area (Å²) in [5.74, 6) is 1.57. The summed E-state index contributed by atoms with van der Waals surface area (Å²) in [6, 6.07) is 15.5. The van der Waals surface area contributed by atoms with E-state index in [-0.39, 0.29) is 0 Å². The van der Waals surface area contributed by atoms with Gasteiger partial charge in [-0.05, 0) is 24.3 Å². The third kappa shape index (κ3) is 2.58. The molecule has 0 bridgehead atoms. The van der Waals surface area contributed by atoms with Crippen molar-refractivity contribution in [3.05, 3.63) is 48.5 Å². The van der Waals surface area contributed by atoms with E-state index in [1.807, 2.05) is 48.5 Å². The number of hydrogen-bond acceptors (Lipinski definition) is 4. The molecule has 21 heavy (non-hydrogen) atoms. The van der Waals surface area contributed by atoms with Crippen LogP contribution in [0.3, 0.4) is 0 Å². The third-order valence-electron chi connectivity index (χ3n) is 3.23. The molecular weight excluding hydrogens is 266 g/mol. The van der Waals surface area contributed by atoms with E-state index in [0.29, 0.717) is 0 Å². The van der Waals surface area contributed by atoms with E-state index >= 15 is 0 Å². The largest absolute Gasteiger partial charge is 0.497 e. The van der Waals surface area contributed by atoms with Crippen LogP contribution in [-0.4, -0.2) is 29.6 Å². The lowest BCUT2D eigenvalue weighted by Crippen LogP contribution is -1.88. The Hall–Kier alpha value is -2.82. The normalized spacial score (nSPS) is 10.4. The fraction of sp³-hybridized carbons (Fsp3) is 0.125. The summed E-state index contributed by atoms with van der Waals surface area (Å²) in [4.78, 5) is 0. The zero-order valence-corrected chi connectivity index (χ0v) is 11.8. The van der Waals surface area contributed by atoms with Gasteiger partial charge in [0.05, 0.1) is 14.2 Å². The molecule has 0 radical (unpaired) electrons. The summed E-state index contributed by atoms with van der Waals surface area (Å²) < 4.78 is 10.5. The second-order valence-electron chi connectivity index (χ2n) is 4.48. The Balaban J connectivity index is 2.07. The Morgan fingerprint density at radius 2 is 1.24 bits per heavy atom. The summed E-state index contributed by atoms with van der Waals surface area (Å²) in [6.45, 7) is 0. The number of aromatic amines is 1. The Morgan fingerprint density at radius 1 is 0.762 bits per heavy atom. The van der Waals surface area contributed by atoms with Crippen LogP contribution in [-0.2, 0) is 0 Å². The quantitative estimate of drug-likeness (QED) is 0.798. The maximum Gasteiger partial charge on any atom is 0.120 e. The lowest BCUT2D eigenvalue weighted by molar-refractivity contribution is 0.415. The average molecular weight is 281 g/mol. The lowest BCUT2D eigenvalue weighted by atomic mass is 10.0. The Kier molecular flexibility index (Phi) is 3.55. The number of aromatic nitrogens is 3. The minimum absolute atomic E-state index is 0.780. The van der Waals surface area contributed by atoms with Crippen LogP contribution in [0.1, 0.15) is 0 Å². The minimum Gasteiger partial charge on any atom is -0.497 e. The van der Waals surface area contributed by atoms with Crippen molar-refractivity contribution in [2.45, 2.75) is 0 Å². The van der Waals surface area contributed by atoms with Crippen LogP contribution >= 0.6 is 0 Å². The van der Waals surface area contributed by atoms with Gasteiger partial charge in [-0.15, -0.1) is 0 Å². The Morgan fingerprint density at radius 3 is 1.67 bits per heavy atom. The highest BCUT2D eigenvalue weighted by Crippen LogP contribution is 2.31. The molecule has 0 aliphatic carbocycles. The van der Waals surface area contributed by atoms with Crippen LogP contribution in [0.15, 0.2) is 48.5 Å². The summed E-state index contributed by atoms with van der Waals surface area (Å²) in [5, 5.41) is 11.2. The highest BCUT2D eigenvalue weighted by molar-refractivity contribution is 5.78. The zero-order chi connectivity index (χ0) is 14.7. The first-order chi connectivity index (χ1) is 10.3. The molecule has 1 N–H and O–H groups in total. The van der Waals surface area contributed by atoms with Gasteiger partial charge in [-0.3, -0.25) is 0 Å². The summed E-state index contributed by atoms with van der Waals surface area (Å²) in [5.41, 5.74) is 3.45. The van der Waals surface area contributed by atoms with Gasteiger partial charge >= 0.3 is 0 Å². The monoisotopic (exact) mass is 281 g/mol. The van der Waals surface area contributed by atoms with E-state index in [1.54, 1.807) is 14.2 Å². The smallest absolute Gasteiger partial charge is 0.120 e. The molecule has 0 aliphatic rings. The minimum atomic E-state index is 0.780. The van der Waals surface area contributed by atoms with Crippen molar-refractivity contribution in [2.75, 3.05) is 14.2 Å². The van der Waals surface area contributed by atoms with E-state index < -0.39 is 0 Å². The SMILES string of the molecule is COc1cccc(-c2n[nH]nc2-c2cccc(OC)c2)c1. The van der Waals surface area contributed by atoms with Gasteiger partial charge in [-0.1, -0.05) is 24.3 Å². The fourth-order valence-electron chi connectivity index (χ4n) is 2.17. The molecule has 5 heteroatoms. The maximum absolute atomic E-state index is 5.26. The highest BCUT2D eigenvalue weighted by atomic mass is 16.5. The second-order valence-corrected chi connectivity index (χ2v) is 4.48. The van der Waals surface area contributed by atoms with Crippen LogP contribution in [0.2, 0.25) is 0 Å². The topological polar surface area (TPSA) is 60.0 Å². The van der Waals surface area contributed by atoms with Gasteiger partial charge in [0.25, 0.3) is 0 Å². The van der Waals surface area contributed by atoms with Crippen molar-refractivity contribution >= 4 is 0 Å². The molecule has 0 aliphatic heterocycles. The number of benzene rings is 2. The van der Waals surface area contributed by atoms with Crippen molar-refractivity contribution in [3.63, 3.8) is 0 Å². The van der Waals surface area contributed by atoms with Crippen molar-refractivity contribution < 1.29 is 9.47 Å². The van der Waals surface area contributed by atoms with E-state index in [9.17, 15) is 0 Å². The molecule has 1 heterocycles. The van der Waals surface area contributed by atoms with Crippen molar-refractivity contribution in [1.29, 1.82) is 0 Å². The second kappa shape index (κ2) is 5.66. The first kappa shape index (κ1) is 13.2. The number of H-pyrrole nitrogens is 1. The fourth-order valence-corrected chi connectivity index (χ4v) is 2.17. The first-order valence-corrected chi connectivity index (χ1v) is 6.51. The molecular formula is C16H15N3O2. The molecule has 106 valence electrons. The highest BCUT2D eigenvalue weighted by Gasteiger charge is 2.13. The third-order valence-corrected chi connectivity index (χ3v) is 3.23. The predicted molar refractivity (Wildman–Crippen MR) is 80.4 cm³/mol. The van der Waals surface area contributed by atoms with E-state index in [1.165, 1.54) is 0 Å². The van der Waals surface area contributed by atoms with E-state index in [0.717, 1.165) is 34.0 Å². The first-order valence-electron chi connectivity index (χ1n) is 6.51. The molecule has 0 fully saturated rings.